The van der Waals surface area contributed by atoms with Crippen LogP contribution in [0.5, 0.6) is 0 Å². The second-order valence-electron chi connectivity index (χ2n) is 4.64. The smallest absolute Gasteiger partial charge is 0.115 e. The number of nitrogens with zero attached hydrogens (tertiary/aromatic N) is 3. The van der Waals surface area contributed by atoms with Crippen molar-refractivity contribution in [2.75, 3.05) is 19.6 Å². The number of nitrogens with one attached hydrogen (secondary N) is 1. The Morgan fingerprint density at radius 1 is 1.41 bits per heavy atom. The minimum absolute atomic E-state index is 0.640. The molecule has 1 aromatic heterocycles. The lowest BCUT2D eigenvalue weighted by Crippen LogP contribution is -2.30. The van der Waals surface area contributed by atoms with Gasteiger partial charge in [-0.05, 0) is 45.0 Å². The number of hydrogen-bond donors (Lipinski definition) is 1. The fourth-order valence-electron chi connectivity index (χ4n) is 2.35. The first-order valence-corrected chi connectivity index (χ1v) is 6.59. The summed E-state index contributed by atoms with van der Waals surface area (Å²) in [6.07, 6.45) is 7.24. The first-order valence-electron chi connectivity index (χ1n) is 6.59. The van der Waals surface area contributed by atoms with Crippen molar-refractivity contribution in [1.82, 2.24) is 20.2 Å². The molecule has 0 aromatic carbocycles. The zero-order chi connectivity index (χ0) is 11.9. The third-order valence-electron chi connectivity index (χ3n) is 3.48. The Morgan fingerprint density at radius 3 is 3.12 bits per heavy atom. The minimum Gasteiger partial charge on any atom is -0.308 e. The van der Waals surface area contributed by atoms with Gasteiger partial charge in [-0.1, -0.05) is 6.92 Å². The largest absolute Gasteiger partial charge is 0.308 e. The molecule has 17 heavy (non-hydrogen) atoms. The summed E-state index contributed by atoms with van der Waals surface area (Å²) >= 11 is 0. The molecule has 4 nitrogen and oxygen atoms in total. The Hall–Kier alpha value is -1.00. The third kappa shape index (κ3) is 4.06. The maximum Gasteiger partial charge on any atom is 0.115 e. The van der Waals surface area contributed by atoms with Gasteiger partial charge in [-0.25, -0.2) is 9.97 Å². The van der Waals surface area contributed by atoms with Gasteiger partial charge < -0.3 is 10.2 Å². The molecular weight excluding hydrogens is 212 g/mol. The van der Waals surface area contributed by atoms with Crippen molar-refractivity contribution in [2.24, 2.45) is 0 Å². The zero-order valence-corrected chi connectivity index (χ0v) is 10.6. The summed E-state index contributed by atoms with van der Waals surface area (Å²) in [4.78, 5) is 10.7. The molecule has 4 heteroatoms. The van der Waals surface area contributed by atoms with E-state index in [9.17, 15) is 0 Å². The van der Waals surface area contributed by atoms with E-state index in [1.54, 1.807) is 12.5 Å². The van der Waals surface area contributed by atoms with Crippen molar-refractivity contribution < 1.29 is 0 Å². The molecule has 1 fully saturated rings. The van der Waals surface area contributed by atoms with Gasteiger partial charge in [0.2, 0.25) is 0 Å². The SMILES string of the molecule is CCN1CCCC(NCc2ccncn2)CC1. The van der Waals surface area contributed by atoms with E-state index in [1.165, 1.54) is 38.9 Å². The minimum atomic E-state index is 0.640. The molecule has 0 amide bonds. The summed E-state index contributed by atoms with van der Waals surface area (Å²) in [5.41, 5.74) is 1.08. The highest BCUT2D eigenvalue weighted by atomic mass is 15.1. The Kier molecular flexibility index (Phi) is 4.88. The van der Waals surface area contributed by atoms with Gasteiger partial charge in [0.05, 0.1) is 5.69 Å². The molecule has 1 unspecified atom stereocenters. The number of aromatic nitrogens is 2. The number of likely N-dealkylation sites (tertiary alicyclic amines) is 1. The van der Waals surface area contributed by atoms with Gasteiger partial charge in [-0.2, -0.15) is 0 Å². The summed E-state index contributed by atoms with van der Waals surface area (Å²) in [6.45, 7) is 6.76. The Bertz CT molecular complexity index is 314. The summed E-state index contributed by atoms with van der Waals surface area (Å²) < 4.78 is 0. The van der Waals surface area contributed by atoms with E-state index in [0.717, 1.165) is 12.2 Å². The predicted octanol–water partition coefficient (Wildman–Crippen LogP) is 1.44. The molecule has 0 aliphatic carbocycles. The van der Waals surface area contributed by atoms with Crippen molar-refractivity contribution >= 4 is 0 Å². The monoisotopic (exact) mass is 234 g/mol. The van der Waals surface area contributed by atoms with Crippen LogP contribution in [-0.4, -0.2) is 40.5 Å². The van der Waals surface area contributed by atoms with Gasteiger partial charge in [-0.15, -0.1) is 0 Å². The quantitative estimate of drug-likeness (QED) is 0.856. The van der Waals surface area contributed by atoms with Crippen LogP contribution in [0.25, 0.3) is 0 Å². The molecule has 94 valence electrons. The van der Waals surface area contributed by atoms with Crippen LogP contribution in [0.1, 0.15) is 31.9 Å². The van der Waals surface area contributed by atoms with Gasteiger partial charge in [0.1, 0.15) is 6.33 Å². The van der Waals surface area contributed by atoms with E-state index in [2.05, 4.69) is 27.1 Å². The highest BCUT2D eigenvalue weighted by Crippen LogP contribution is 2.11. The lowest BCUT2D eigenvalue weighted by Gasteiger charge is -2.18. The molecule has 0 radical (unpaired) electrons. The molecule has 2 rings (SSSR count). The molecule has 1 aromatic rings. The van der Waals surface area contributed by atoms with E-state index in [4.69, 9.17) is 0 Å². The van der Waals surface area contributed by atoms with Crippen molar-refractivity contribution in [1.29, 1.82) is 0 Å². The van der Waals surface area contributed by atoms with Gasteiger partial charge >= 0.3 is 0 Å². The summed E-state index contributed by atoms with van der Waals surface area (Å²) in [7, 11) is 0. The first kappa shape index (κ1) is 12.5. The molecule has 1 N–H and O–H groups in total. The number of rotatable bonds is 4. The fraction of sp³-hybridized carbons (Fsp3) is 0.692. The molecule has 0 bridgehead atoms. The van der Waals surface area contributed by atoms with Gasteiger partial charge in [0.25, 0.3) is 0 Å². The van der Waals surface area contributed by atoms with Crippen molar-refractivity contribution in [3.63, 3.8) is 0 Å². The Morgan fingerprint density at radius 2 is 2.35 bits per heavy atom. The molecule has 0 saturated carbocycles. The molecule has 0 spiro atoms. The van der Waals surface area contributed by atoms with E-state index in [0.29, 0.717) is 6.04 Å². The highest BCUT2D eigenvalue weighted by molar-refractivity contribution is 4.97. The van der Waals surface area contributed by atoms with Crippen molar-refractivity contribution in [2.45, 2.75) is 38.8 Å². The van der Waals surface area contributed by atoms with Crippen LogP contribution in [0.4, 0.5) is 0 Å². The lowest BCUT2D eigenvalue weighted by atomic mass is 10.1. The van der Waals surface area contributed by atoms with Crippen LogP contribution in [-0.2, 0) is 6.54 Å². The Labute approximate surface area is 103 Å². The number of hydrogen-bond acceptors (Lipinski definition) is 4. The van der Waals surface area contributed by atoms with Crippen molar-refractivity contribution in [3.05, 3.63) is 24.3 Å². The molecule has 1 atom stereocenters. The van der Waals surface area contributed by atoms with Crippen LogP contribution in [0.2, 0.25) is 0 Å². The summed E-state index contributed by atoms with van der Waals surface area (Å²) in [6, 6.07) is 2.61. The van der Waals surface area contributed by atoms with Crippen LogP contribution in [0.3, 0.4) is 0 Å². The predicted molar refractivity (Wildman–Crippen MR) is 68.6 cm³/mol. The van der Waals surface area contributed by atoms with E-state index >= 15 is 0 Å². The third-order valence-corrected chi connectivity index (χ3v) is 3.48. The van der Waals surface area contributed by atoms with E-state index in [-0.39, 0.29) is 0 Å². The topological polar surface area (TPSA) is 41.0 Å². The zero-order valence-electron chi connectivity index (χ0n) is 10.6. The van der Waals surface area contributed by atoms with Gasteiger partial charge in [0.15, 0.2) is 0 Å². The highest BCUT2D eigenvalue weighted by Gasteiger charge is 2.15. The Balaban J connectivity index is 1.76. The second-order valence-corrected chi connectivity index (χ2v) is 4.64. The normalized spacial score (nSPS) is 22.3. The van der Waals surface area contributed by atoms with E-state index < -0.39 is 0 Å². The molecule has 2 heterocycles. The van der Waals surface area contributed by atoms with E-state index in [1.807, 2.05) is 6.07 Å². The summed E-state index contributed by atoms with van der Waals surface area (Å²) in [5.74, 6) is 0. The molecular formula is C13H22N4. The summed E-state index contributed by atoms with van der Waals surface area (Å²) in [5, 5.41) is 3.61. The van der Waals surface area contributed by atoms with Gasteiger partial charge in [-0.3, -0.25) is 0 Å². The lowest BCUT2D eigenvalue weighted by molar-refractivity contribution is 0.297. The standard InChI is InChI=1S/C13H22N4/c1-2-17-8-3-4-12(6-9-17)15-10-13-5-7-14-11-16-13/h5,7,11-12,15H,2-4,6,8-10H2,1H3. The van der Waals surface area contributed by atoms with Crippen molar-refractivity contribution in [3.8, 4) is 0 Å². The maximum absolute atomic E-state index is 4.23. The second kappa shape index (κ2) is 6.67. The molecule has 1 saturated heterocycles. The van der Waals surface area contributed by atoms with Crippen LogP contribution >= 0.6 is 0 Å². The first-order chi connectivity index (χ1) is 8.38. The molecule has 1 aliphatic rings. The average Bonchev–Trinajstić information content (AvgIpc) is 2.62. The average molecular weight is 234 g/mol. The molecule has 1 aliphatic heterocycles. The van der Waals surface area contributed by atoms with Crippen LogP contribution in [0, 0.1) is 0 Å². The van der Waals surface area contributed by atoms with Gasteiger partial charge in [0, 0.05) is 18.8 Å². The van der Waals surface area contributed by atoms with Crippen LogP contribution < -0.4 is 5.32 Å². The van der Waals surface area contributed by atoms with Crippen LogP contribution in [0.15, 0.2) is 18.6 Å². The maximum atomic E-state index is 4.23. The fourth-order valence-corrected chi connectivity index (χ4v) is 2.35.